The molecule has 0 fully saturated rings. The van der Waals surface area contributed by atoms with Gasteiger partial charge in [0.05, 0.1) is 6.54 Å². The SMILES string of the molecule is CC(=O)N(Cc1ccccc1)c1ccc(CCNN)cc1. The molecule has 0 bridgehead atoms. The molecule has 1 amide bonds. The van der Waals surface area contributed by atoms with Crippen LogP contribution < -0.4 is 16.2 Å². The third kappa shape index (κ3) is 4.41. The molecule has 3 N–H and O–H groups in total. The van der Waals surface area contributed by atoms with Crippen molar-refractivity contribution in [2.45, 2.75) is 19.9 Å². The Morgan fingerprint density at radius 3 is 2.29 bits per heavy atom. The lowest BCUT2D eigenvalue weighted by molar-refractivity contribution is -0.116. The summed E-state index contributed by atoms with van der Waals surface area (Å²) in [6.45, 7) is 2.91. The highest BCUT2D eigenvalue weighted by molar-refractivity contribution is 5.91. The highest BCUT2D eigenvalue weighted by atomic mass is 16.2. The summed E-state index contributed by atoms with van der Waals surface area (Å²) in [5.74, 6) is 5.31. The quantitative estimate of drug-likeness (QED) is 0.631. The van der Waals surface area contributed by atoms with Gasteiger partial charge in [-0.15, -0.1) is 0 Å². The van der Waals surface area contributed by atoms with Crippen molar-refractivity contribution in [1.82, 2.24) is 5.43 Å². The predicted molar refractivity (Wildman–Crippen MR) is 85.6 cm³/mol. The summed E-state index contributed by atoms with van der Waals surface area (Å²) in [7, 11) is 0. The largest absolute Gasteiger partial charge is 0.308 e. The van der Waals surface area contributed by atoms with Gasteiger partial charge in [0.25, 0.3) is 0 Å². The van der Waals surface area contributed by atoms with E-state index in [4.69, 9.17) is 5.84 Å². The molecule has 0 aliphatic heterocycles. The molecule has 0 atom stereocenters. The van der Waals surface area contributed by atoms with E-state index in [0.717, 1.165) is 24.2 Å². The minimum atomic E-state index is 0.0372. The van der Waals surface area contributed by atoms with Crippen molar-refractivity contribution >= 4 is 11.6 Å². The Balaban J connectivity index is 2.13. The Morgan fingerprint density at radius 2 is 1.71 bits per heavy atom. The minimum Gasteiger partial charge on any atom is -0.308 e. The van der Waals surface area contributed by atoms with Gasteiger partial charge >= 0.3 is 0 Å². The first-order valence-corrected chi connectivity index (χ1v) is 7.05. The number of carbonyl (C=O) groups is 1. The molecule has 21 heavy (non-hydrogen) atoms. The van der Waals surface area contributed by atoms with E-state index < -0.39 is 0 Å². The lowest BCUT2D eigenvalue weighted by atomic mass is 10.1. The van der Waals surface area contributed by atoms with Crippen molar-refractivity contribution in [3.8, 4) is 0 Å². The standard InChI is InChI=1S/C17H21N3O/c1-14(21)20(13-16-5-3-2-4-6-16)17-9-7-15(8-10-17)11-12-19-18/h2-10,19H,11-13,18H2,1H3. The summed E-state index contributed by atoms with van der Waals surface area (Å²) in [4.78, 5) is 13.7. The molecule has 0 unspecified atom stereocenters. The molecule has 4 heteroatoms. The average Bonchev–Trinajstić information content (AvgIpc) is 2.52. The maximum absolute atomic E-state index is 11.9. The smallest absolute Gasteiger partial charge is 0.224 e. The van der Waals surface area contributed by atoms with E-state index in [9.17, 15) is 4.79 Å². The van der Waals surface area contributed by atoms with Crippen LogP contribution in [0.2, 0.25) is 0 Å². The van der Waals surface area contributed by atoms with Crippen LogP contribution in [0.3, 0.4) is 0 Å². The number of anilines is 1. The van der Waals surface area contributed by atoms with Gasteiger partial charge in [-0.2, -0.15) is 0 Å². The Kier molecular flexibility index (Phi) is 5.49. The first-order chi connectivity index (χ1) is 10.2. The van der Waals surface area contributed by atoms with Crippen molar-refractivity contribution in [3.05, 3.63) is 65.7 Å². The Bertz CT molecular complexity index is 566. The fourth-order valence-electron chi connectivity index (χ4n) is 2.21. The monoisotopic (exact) mass is 283 g/mol. The first kappa shape index (κ1) is 15.2. The Hall–Kier alpha value is -2.17. The lowest BCUT2D eigenvalue weighted by Gasteiger charge is -2.21. The number of carbonyl (C=O) groups excluding carboxylic acids is 1. The summed E-state index contributed by atoms with van der Waals surface area (Å²) in [6.07, 6.45) is 0.871. The highest BCUT2D eigenvalue weighted by Crippen LogP contribution is 2.18. The number of nitrogens with two attached hydrogens (primary N) is 1. The zero-order valence-corrected chi connectivity index (χ0v) is 12.3. The van der Waals surface area contributed by atoms with Crippen LogP contribution in [0.4, 0.5) is 5.69 Å². The van der Waals surface area contributed by atoms with E-state index in [1.54, 1.807) is 11.8 Å². The van der Waals surface area contributed by atoms with Crippen LogP contribution in [0.15, 0.2) is 54.6 Å². The van der Waals surface area contributed by atoms with Crippen molar-refractivity contribution in [2.24, 2.45) is 5.84 Å². The molecule has 0 aliphatic carbocycles. The molecule has 0 radical (unpaired) electrons. The van der Waals surface area contributed by atoms with Crippen LogP contribution >= 0.6 is 0 Å². The van der Waals surface area contributed by atoms with Gasteiger partial charge < -0.3 is 4.90 Å². The third-order valence-corrected chi connectivity index (χ3v) is 3.37. The number of benzene rings is 2. The van der Waals surface area contributed by atoms with Crippen molar-refractivity contribution < 1.29 is 4.79 Å². The molecule has 0 saturated carbocycles. The van der Waals surface area contributed by atoms with Gasteiger partial charge in [0.15, 0.2) is 0 Å². The van der Waals surface area contributed by atoms with Crippen LogP contribution in [0.25, 0.3) is 0 Å². The maximum Gasteiger partial charge on any atom is 0.224 e. The molecule has 0 heterocycles. The highest BCUT2D eigenvalue weighted by Gasteiger charge is 2.11. The van der Waals surface area contributed by atoms with Crippen LogP contribution in [0, 0.1) is 0 Å². The molecule has 2 aromatic carbocycles. The molecule has 0 aliphatic rings. The summed E-state index contributed by atoms with van der Waals surface area (Å²) in [5, 5.41) is 0. The number of hydrogen-bond donors (Lipinski definition) is 2. The molecule has 4 nitrogen and oxygen atoms in total. The van der Waals surface area contributed by atoms with E-state index in [1.807, 2.05) is 54.6 Å². The number of hydrogen-bond acceptors (Lipinski definition) is 3. The second kappa shape index (κ2) is 7.57. The number of nitrogens with one attached hydrogen (secondary N) is 1. The van der Waals surface area contributed by atoms with Crippen LogP contribution in [-0.2, 0) is 17.8 Å². The van der Waals surface area contributed by atoms with E-state index in [-0.39, 0.29) is 5.91 Å². The average molecular weight is 283 g/mol. The van der Waals surface area contributed by atoms with E-state index >= 15 is 0 Å². The molecular weight excluding hydrogens is 262 g/mol. The number of hydrazine groups is 1. The van der Waals surface area contributed by atoms with Gasteiger partial charge in [-0.3, -0.25) is 16.1 Å². The number of rotatable bonds is 6. The molecule has 2 rings (SSSR count). The van der Waals surface area contributed by atoms with Gasteiger partial charge in [-0.1, -0.05) is 42.5 Å². The van der Waals surface area contributed by atoms with Crippen molar-refractivity contribution in [3.63, 3.8) is 0 Å². The molecule has 110 valence electrons. The normalized spacial score (nSPS) is 10.4. The van der Waals surface area contributed by atoms with Crippen molar-refractivity contribution in [1.29, 1.82) is 0 Å². The van der Waals surface area contributed by atoms with Crippen LogP contribution in [0.1, 0.15) is 18.1 Å². The molecule has 2 aromatic rings. The van der Waals surface area contributed by atoms with Gasteiger partial charge in [-0.25, -0.2) is 0 Å². The van der Waals surface area contributed by atoms with Gasteiger partial charge in [-0.05, 0) is 29.7 Å². The molecule has 0 spiro atoms. The molecule has 0 aromatic heterocycles. The second-order valence-electron chi connectivity index (χ2n) is 4.96. The topological polar surface area (TPSA) is 58.4 Å². The van der Waals surface area contributed by atoms with Gasteiger partial charge in [0, 0.05) is 19.2 Å². The Morgan fingerprint density at radius 1 is 1.05 bits per heavy atom. The van der Waals surface area contributed by atoms with Crippen LogP contribution in [0.5, 0.6) is 0 Å². The maximum atomic E-state index is 11.9. The zero-order valence-electron chi connectivity index (χ0n) is 12.3. The fourth-order valence-corrected chi connectivity index (χ4v) is 2.21. The summed E-state index contributed by atoms with van der Waals surface area (Å²) in [5.41, 5.74) is 5.86. The summed E-state index contributed by atoms with van der Waals surface area (Å²) < 4.78 is 0. The fraction of sp³-hybridized carbons (Fsp3) is 0.235. The molecular formula is C17H21N3O. The van der Waals surface area contributed by atoms with Crippen molar-refractivity contribution in [2.75, 3.05) is 11.4 Å². The summed E-state index contributed by atoms with van der Waals surface area (Å²) in [6, 6.07) is 18.0. The first-order valence-electron chi connectivity index (χ1n) is 7.05. The minimum absolute atomic E-state index is 0.0372. The van der Waals surface area contributed by atoms with Gasteiger partial charge in [0.2, 0.25) is 5.91 Å². The lowest BCUT2D eigenvalue weighted by Crippen LogP contribution is -2.27. The van der Waals surface area contributed by atoms with Crippen LogP contribution in [-0.4, -0.2) is 12.5 Å². The van der Waals surface area contributed by atoms with E-state index in [2.05, 4.69) is 5.43 Å². The summed E-state index contributed by atoms with van der Waals surface area (Å²) >= 11 is 0. The van der Waals surface area contributed by atoms with E-state index in [0.29, 0.717) is 6.54 Å². The molecule has 0 saturated heterocycles. The zero-order chi connectivity index (χ0) is 15.1. The Labute approximate surface area is 125 Å². The van der Waals surface area contributed by atoms with E-state index in [1.165, 1.54) is 5.56 Å². The number of nitrogens with zero attached hydrogens (tertiary/aromatic N) is 1. The number of amides is 1. The second-order valence-corrected chi connectivity index (χ2v) is 4.96. The predicted octanol–water partition coefficient (Wildman–Crippen LogP) is 2.25. The third-order valence-electron chi connectivity index (χ3n) is 3.37. The van der Waals surface area contributed by atoms with Gasteiger partial charge in [0.1, 0.15) is 0 Å².